The first kappa shape index (κ1) is 15.3. The van der Waals surface area contributed by atoms with E-state index in [0.29, 0.717) is 6.54 Å². The van der Waals surface area contributed by atoms with Crippen molar-refractivity contribution in [1.82, 2.24) is 4.90 Å². The van der Waals surface area contributed by atoms with Gasteiger partial charge in [-0.05, 0) is 23.8 Å². The van der Waals surface area contributed by atoms with Crippen LogP contribution in [0, 0.1) is 10.1 Å². The van der Waals surface area contributed by atoms with Gasteiger partial charge in [0.1, 0.15) is 5.69 Å². The predicted octanol–water partition coefficient (Wildman–Crippen LogP) is 2.50. The van der Waals surface area contributed by atoms with Gasteiger partial charge >= 0.3 is 0 Å². The molecule has 6 heteroatoms. The van der Waals surface area contributed by atoms with Gasteiger partial charge in [0.2, 0.25) is 0 Å². The van der Waals surface area contributed by atoms with Crippen molar-refractivity contribution in [2.24, 2.45) is 0 Å². The molecule has 0 unspecified atom stereocenters. The maximum absolute atomic E-state index is 11.0. The minimum absolute atomic E-state index is 0.00887. The highest BCUT2D eigenvalue weighted by Crippen LogP contribution is 2.23. The molecule has 1 aliphatic heterocycles. The summed E-state index contributed by atoms with van der Waals surface area (Å²) < 4.78 is 0. The summed E-state index contributed by atoms with van der Waals surface area (Å²) in [5.74, 6) is 0. The number of rotatable bonds is 4. The lowest BCUT2D eigenvalue weighted by Gasteiger charge is -2.36. The van der Waals surface area contributed by atoms with E-state index in [2.05, 4.69) is 34.1 Å². The molecule has 0 radical (unpaired) electrons. The Hall–Kier alpha value is -2.60. The van der Waals surface area contributed by atoms with E-state index in [-0.39, 0.29) is 11.4 Å². The van der Waals surface area contributed by atoms with Gasteiger partial charge in [0.05, 0.1) is 4.92 Å². The monoisotopic (exact) mass is 312 g/mol. The Kier molecular flexibility index (Phi) is 4.43. The molecule has 2 aromatic carbocycles. The van der Waals surface area contributed by atoms with Crippen LogP contribution < -0.4 is 10.6 Å². The quantitative estimate of drug-likeness (QED) is 0.533. The second-order valence-electron chi connectivity index (χ2n) is 5.75. The maximum Gasteiger partial charge on any atom is 0.292 e. The van der Waals surface area contributed by atoms with Crippen molar-refractivity contribution >= 4 is 17.1 Å². The van der Waals surface area contributed by atoms with Crippen molar-refractivity contribution in [2.75, 3.05) is 36.8 Å². The number of nitro benzene ring substituents is 1. The molecular weight excluding hydrogens is 292 g/mol. The van der Waals surface area contributed by atoms with Crippen molar-refractivity contribution in [3.05, 3.63) is 64.2 Å². The zero-order valence-electron chi connectivity index (χ0n) is 12.9. The molecule has 0 amide bonds. The lowest BCUT2D eigenvalue weighted by atomic mass is 10.1. The van der Waals surface area contributed by atoms with Gasteiger partial charge < -0.3 is 10.6 Å². The number of nitro groups is 1. The zero-order chi connectivity index (χ0) is 16.2. The third-order valence-corrected chi connectivity index (χ3v) is 4.19. The number of piperazine rings is 1. The zero-order valence-corrected chi connectivity index (χ0v) is 12.9. The molecule has 2 N–H and O–H groups in total. The predicted molar refractivity (Wildman–Crippen MR) is 91.4 cm³/mol. The molecule has 1 aliphatic rings. The third kappa shape index (κ3) is 3.60. The molecule has 0 spiro atoms. The van der Waals surface area contributed by atoms with Gasteiger partial charge in [0.15, 0.2) is 0 Å². The van der Waals surface area contributed by atoms with Crippen molar-refractivity contribution in [3.8, 4) is 0 Å². The van der Waals surface area contributed by atoms with E-state index in [1.54, 1.807) is 12.1 Å². The van der Waals surface area contributed by atoms with Crippen molar-refractivity contribution < 1.29 is 4.92 Å². The largest absolute Gasteiger partial charge is 0.393 e. The summed E-state index contributed by atoms with van der Waals surface area (Å²) in [4.78, 5) is 15.2. The van der Waals surface area contributed by atoms with Crippen molar-refractivity contribution in [1.29, 1.82) is 0 Å². The Morgan fingerprint density at radius 3 is 2.39 bits per heavy atom. The fourth-order valence-corrected chi connectivity index (χ4v) is 2.91. The van der Waals surface area contributed by atoms with Crippen LogP contribution in [-0.2, 0) is 6.54 Å². The molecule has 0 bridgehead atoms. The smallest absolute Gasteiger partial charge is 0.292 e. The molecule has 1 fully saturated rings. The molecule has 0 aromatic heterocycles. The fourth-order valence-electron chi connectivity index (χ4n) is 2.91. The first-order chi connectivity index (χ1) is 11.1. The number of anilines is 2. The van der Waals surface area contributed by atoms with Crippen LogP contribution in [-0.4, -0.2) is 36.0 Å². The molecule has 1 heterocycles. The van der Waals surface area contributed by atoms with Crippen LogP contribution in [0.25, 0.3) is 0 Å². The number of hydrogen-bond acceptors (Lipinski definition) is 5. The Balaban J connectivity index is 1.61. The lowest BCUT2D eigenvalue weighted by Crippen LogP contribution is -2.45. The number of nitrogens with zero attached hydrogens (tertiary/aromatic N) is 3. The molecule has 2 aromatic rings. The minimum Gasteiger partial charge on any atom is -0.393 e. The molecular formula is C17H20N4O2. The lowest BCUT2D eigenvalue weighted by molar-refractivity contribution is -0.384. The van der Waals surface area contributed by atoms with E-state index in [4.69, 9.17) is 5.73 Å². The molecule has 23 heavy (non-hydrogen) atoms. The second kappa shape index (κ2) is 6.66. The number of benzene rings is 2. The van der Waals surface area contributed by atoms with Gasteiger partial charge in [-0.3, -0.25) is 15.0 Å². The van der Waals surface area contributed by atoms with Crippen LogP contribution in [0.15, 0.2) is 48.5 Å². The van der Waals surface area contributed by atoms with E-state index in [0.717, 1.165) is 31.7 Å². The van der Waals surface area contributed by atoms with E-state index < -0.39 is 4.92 Å². The first-order valence-corrected chi connectivity index (χ1v) is 7.68. The molecule has 3 rings (SSSR count). The summed E-state index contributed by atoms with van der Waals surface area (Å²) in [5, 5.41) is 11.0. The molecule has 0 atom stereocenters. The van der Waals surface area contributed by atoms with E-state index in [9.17, 15) is 10.1 Å². The van der Waals surface area contributed by atoms with Crippen LogP contribution >= 0.6 is 0 Å². The summed E-state index contributed by atoms with van der Waals surface area (Å²) in [6.45, 7) is 4.51. The van der Waals surface area contributed by atoms with Gasteiger partial charge in [-0.2, -0.15) is 0 Å². The molecule has 0 aliphatic carbocycles. The number of para-hydroxylation sites is 1. The van der Waals surface area contributed by atoms with Crippen molar-refractivity contribution in [2.45, 2.75) is 6.54 Å². The van der Waals surface area contributed by atoms with E-state index in [1.807, 2.05) is 12.1 Å². The normalized spacial score (nSPS) is 15.6. The number of nitrogens with two attached hydrogens (primary N) is 1. The maximum atomic E-state index is 11.0. The number of nitrogen functional groups attached to an aromatic ring is 1. The fraction of sp³-hybridized carbons (Fsp3) is 0.294. The summed E-state index contributed by atoms with van der Waals surface area (Å²) in [7, 11) is 0. The highest BCUT2D eigenvalue weighted by atomic mass is 16.6. The van der Waals surface area contributed by atoms with Crippen LogP contribution in [0.2, 0.25) is 0 Å². The Bertz CT molecular complexity index is 682. The average Bonchev–Trinajstić information content (AvgIpc) is 2.58. The van der Waals surface area contributed by atoms with Gasteiger partial charge in [0.25, 0.3) is 5.69 Å². The van der Waals surface area contributed by atoms with Crippen LogP contribution in [0.1, 0.15) is 5.56 Å². The average molecular weight is 312 g/mol. The summed E-state index contributed by atoms with van der Waals surface area (Å²) >= 11 is 0. The van der Waals surface area contributed by atoms with Gasteiger partial charge in [-0.25, -0.2) is 0 Å². The first-order valence-electron chi connectivity index (χ1n) is 7.68. The van der Waals surface area contributed by atoms with Gasteiger partial charge in [-0.15, -0.1) is 0 Å². The third-order valence-electron chi connectivity index (χ3n) is 4.19. The Labute approximate surface area is 135 Å². The van der Waals surface area contributed by atoms with E-state index >= 15 is 0 Å². The molecule has 6 nitrogen and oxygen atoms in total. The molecule has 0 saturated carbocycles. The number of hydrogen-bond donors (Lipinski definition) is 1. The highest BCUT2D eigenvalue weighted by Gasteiger charge is 2.18. The SMILES string of the molecule is Nc1ccc(CN2CCN(c3ccccc3)CC2)cc1[N+](=O)[O-]. The van der Waals surface area contributed by atoms with Crippen LogP contribution in [0.5, 0.6) is 0 Å². The Morgan fingerprint density at radius 1 is 1.04 bits per heavy atom. The molecule has 1 saturated heterocycles. The Morgan fingerprint density at radius 2 is 1.74 bits per heavy atom. The van der Waals surface area contributed by atoms with Crippen molar-refractivity contribution in [3.63, 3.8) is 0 Å². The van der Waals surface area contributed by atoms with Gasteiger partial charge in [-0.1, -0.05) is 24.3 Å². The summed E-state index contributed by atoms with van der Waals surface area (Å²) in [6.07, 6.45) is 0. The summed E-state index contributed by atoms with van der Waals surface area (Å²) in [5.41, 5.74) is 8.03. The highest BCUT2D eigenvalue weighted by molar-refractivity contribution is 5.59. The second-order valence-corrected chi connectivity index (χ2v) is 5.75. The standard InChI is InChI=1S/C17H20N4O2/c18-16-7-6-14(12-17(16)21(22)23)13-19-8-10-20(11-9-19)15-4-2-1-3-5-15/h1-7,12H,8-11,13,18H2. The van der Waals surface area contributed by atoms with E-state index in [1.165, 1.54) is 5.69 Å². The van der Waals surface area contributed by atoms with Crippen LogP contribution in [0.3, 0.4) is 0 Å². The summed E-state index contributed by atoms with van der Waals surface area (Å²) in [6, 6.07) is 15.4. The molecule has 120 valence electrons. The van der Waals surface area contributed by atoms with Gasteiger partial charge in [0, 0.05) is 44.5 Å². The minimum atomic E-state index is -0.424. The van der Waals surface area contributed by atoms with Crippen LogP contribution in [0.4, 0.5) is 17.1 Å². The topological polar surface area (TPSA) is 75.6 Å².